The van der Waals surface area contributed by atoms with Crippen LogP contribution in [0.3, 0.4) is 0 Å². The van der Waals surface area contributed by atoms with Crippen LogP contribution in [0.15, 0.2) is 24.3 Å². The Hall–Kier alpha value is -1.20. The summed E-state index contributed by atoms with van der Waals surface area (Å²) in [7, 11) is 1.48. The van der Waals surface area contributed by atoms with Crippen molar-refractivity contribution in [3.05, 3.63) is 35.4 Å². The number of carbonyl (C=O) groups excluding carboxylic acids is 2. The average Bonchev–Trinajstić information content (AvgIpc) is 2.42. The summed E-state index contributed by atoms with van der Waals surface area (Å²) in [5.74, 6) is 0.180. The molecular weight excluding hydrogens is 292 g/mol. The molecule has 1 unspecified atom stereocenters. The van der Waals surface area contributed by atoms with Gasteiger partial charge >= 0.3 is 0 Å². The first kappa shape index (κ1) is 16.9. The van der Waals surface area contributed by atoms with Crippen LogP contribution in [0.5, 0.6) is 0 Å². The molecule has 0 aliphatic carbocycles. The molecule has 0 aliphatic rings. The summed E-state index contributed by atoms with van der Waals surface area (Å²) in [5, 5.41) is 0.391. The first-order valence-corrected chi connectivity index (χ1v) is 7.63. The molecule has 0 bridgehead atoms. The molecule has 1 aromatic carbocycles. The van der Waals surface area contributed by atoms with Gasteiger partial charge in [-0.3, -0.25) is 9.59 Å². The molecular formula is C15H18O3S2. The van der Waals surface area contributed by atoms with Crippen molar-refractivity contribution in [1.29, 1.82) is 0 Å². The highest BCUT2D eigenvalue weighted by atomic mass is 32.2. The number of thiocarbonyl (C=S) groups is 1. The summed E-state index contributed by atoms with van der Waals surface area (Å²) in [5.41, 5.74) is 2.08. The van der Waals surface area contributed by atoms with E-state index < -0.39 is 5.92 Å². The second-order valence-corrected chi connectivity index (χ2v) is 5.99. The van der Waals surface area contributed by atoms with Crippen LogP contribution >= 0.6 is 24.0 Å². The normalized spacial score (nSPS) is 11.8. The van der Waals surface area contributed by atoms with Crippen molar-refractivity contribution in [1.82, 2.24) is 0 Å². The lowest BCUT2D eigenvalue weighted by Crippen LogP contribution is -2.24. The van der Waals surface area contributed by atoms with Crippen molar-refractivity contribution in [3.8, 4) is 0 Å². The third-order valence-corrected chi connectivity index (χ3v) is 4.26. The van der Waals surface area contributed by atoms with Gasteiger partial charge in [0.25, 0.3) is 0 Å². The summed E-state index contributed by atoms with van der Waals surface area (Å²) in [6, 6.07) is 7.78. The Morgan fingerprint density at radius 3 is 2.35 bits per heavy atom. The van der Waals surface area contributed by atoms with E-state index in [4.69, 9.17) is 17.0 Å². The SMILES string of the molecule is COC(=S)C(Cc1ccccc1CSC(C)=O)C(C)=O. The number of benzene rings is 1. The molecule has 1 atom stereocenters. The fourth-order valence-corrected chi connectivity index (χ4v) is 2.72. The molecule has 0 aromatic heterocycles. The molecule has 0 heterocycles. The third kappa shape index (κ3) is 5.06. The van der Waals surface area contributed by atoms with Crippen LogP contribution in [0.4, 0.5) is 0 Å². The van der Waals surface area contributed by atoms with E-state index >= 15 is 0 Å². The maximum atomic E-state index is 11.7. The Kier molecular flexibility index (Phi) is 6.88. The monoisotopic (exact) mass is 310 g/mol. The lowest BCUT2D eigenvalue weighted by molar-refractivity contribution is -0.119. The zero-order chi connectivity index (χ0) is 15.1. The van der Waals surface area contributed by atoms with E-state index in [1.807, 2.05) is 24.3 Å². The maximum Gasteiger partial charge on any atom is 0.186 e. The standard InChI is InChI=1S/C15H18O3S2/c1-10(16)14(15(19)18-3)8-12-6-4-5-7-13(12)9-20-11(2)17/h4-7,14H,8-9H2,1-3H3. The van der Waals surface area contributed by atoms with E-state index in [1.54, 1.807) is 6.92 Å². The minimum absolute atomic E-state index is 0.00845. The van der Waals surface area contributed by atoms with Crippen molar-refractivity contribution >= 4 is 39.9 Å². The number of thioether (sulfide) groups is 1. The van der Waals surface area contributed by atoms with Gasteiger partial charge in [0.1, 0.15) is 5.78 Å². The molecule has 1 rings (SSSR count). The van der Waals surface area contributed by atoms with E-state index in [0.717, 1.165) is 11.1 Å². The lowest BCUT2D eigenvalue weighted by Gasteiger charge is -2.16. The van der Waals surface area contributed by atoms with Gasteiger partial charge in [0.15, 0.2) is 10.2 Å². The number of carbonyl (C=O) groups is 2. The lowest BCUT2D eigenvalue weighted by atomic mass is 9.94. The number of hydrogen-bond acceptors (Lipinski definition) is 5. The molecule has 0 saturated carbocycles. The Morgan fingerprint density at radius 1 is 1.25 bits per heavy atom. The highest BCUT2D eigenvalue weighted by Crippen LogP contribution is 2.21. The van der Waals surface area contributed by atoms with Crippen molar-refractivity contribution in [2.45, 2.75) is 26.0 Å². The van der Waals surface area contributed by atoms with Crippen LogP contribution in [-0.4, -0.2) is 23.1 Å². The third-order valence-electron chi connectivity index (χ3n) is 2.95. The molecule has 0 spiro atoms. The minimum Gasteiger partial charge on any atom is -0.489 e. The van der Waals surface area contributed by atoms with Gasteiger partial charge in [-0.15, -0.1) is 0 Å². The summed E-state index contributed by atoms with van der Waals surface area (Å²) in [6.45, 7) is 3.06. The number of rotatable bonds is 6. The molecule has 0 aliphatic heterocycles. The Bertz CT molecular complexity index is 512. The molecule has 0 amide bonds. The van der Waals surface area contributed by atoms with Crippen molar-refractivity contribution in [2.24, 2.45) is 5.92 Å². The predicted molar refractivity (Wildman–Crippen MR) is 85.9 cm³/mol. The molecule has 20 heavy (non-hydrogen) atoms. The van der Waals surface area contributed by atoms with Crippen LogP contribution in [0, 0.1) is 5.92 Å². The Labute approximate surface area is 129 Å². The van der Waals surface area contributed by atoms with E-state index in [9.17, 15) is 9.59 Å². The second kappa shape index (κ2) is 8.17. The van der Waals surface area contributed by atoms with Gasteiger partial charge in [-0.25, -0.2) is 0 Å². The average molecular weight is 310 g/mol. The van der Waals surface area contributed by atoms with Gasteiger partial charge in [0.2, 0.25) is 0 Å². The topological polar surface area (TPSA) is 43.4 Å². The van der Waals surface area contributed by atoms with E-state index in [0.29, 0.717) is 17.2 Å². The zero-order valence-corrected chi connectivity index (χ0v) is 13.5. The van der Waals surface area contributed by atoms with Crippen molar-refractivity contribution in [2.75, 3.05) is 7.11 Å². The number of ketones is 1. The minimum atomic E-state index is -0.418. The molecule has 0 fully saturated rings. The van der Waals surface area contributed by atoms with Gasteiger partial charge in [-0.1, -0.05) is 36.0 Å². The van der Waals surface area contributed by atoms with E-state index in [2.05, 4.69) is 0 Å². The molecule has 1 aromatic rings. The summed E-state index contributed by atoms with van der Waals surface area (Å²) >= 11 is 6.36. The van der Waals surface area contributed by atoms with Crippen LogP contribution in [-0.2, 0) is 26.5 Å². The smallest absolute Gasteiger partial charge is 0.186 e. The zero-order valence-electron chi connectivity index (χ0n) is 11.8. The fraction of sp³-hybridized carbons (Fsp3) is 0.400. The molecule has 0 saturated heterocycles. The number of methoxy groups -OCH3 is 1. The molecule has 3 nitrogen and oxygen atoms in total. The van der Waals surface area contributed by atoms with Gasteiger partial charge < -0.3 is 4.74 Å². The summed E-state index contributed by atoms with van der Waals surface area (Å²) < 4.78 is 5.04. The van der Waals surface area contributed by atoms with Gasteiger partial charge in [0, 0.05) is 12.7 Å². The molecule has 0 N–H and O–H groups in total. The summed E-state index contributed by atoms with van der Waals surface area (Å²) in [6.07, 6.45) is 0.511. The fourth-order valence-electron chi connectivity index (χ4n) is 1.83. The highest BCUT2D eigenvalue weighted by Gasteiger charge is 2.22. The highest BCUT2D eigenvalue weighted by molar-refractivity contribution is 8.12. The van der Waals surface area contributed by atoms with Crippen LogP contribution < -0.4 is 0 Å². The number of Topliss-reactive ketones (excluding diaryl/α,β-unsaturated/α-hetero) is 1. The van der Waals surface area contributed by atoms with Gasteiger partial charge in [0.05, 0.1) is 13.0 Å². The Morgan fingerprint density at radius 2 is 1.85 bits per heavy atom. The van der Waals surface area contributed by atoms with E-state index in [1.165, 1.54) is 25.8 Å². The summed E-state index contributed by atoms with van der Waals surface area (Å²) in [4.78, 5) is 22.8. The van der Waals surface area contributed by atoms with E-state index in [-0.39, 0.29) is 10.9 Å². The van der Waals surface area contributed by atoms with Crippen LogP contribution in [0.2, 0.25) is 0 Å². The van der Waals surface area contributed by atoms with Crippen LogP contribution in [0.1, 0.15) is 25.0 Å². The maximum absolute atomic E-state index is 11.7. The largest absolute Gasteiger partial charge is 0.489 e. The van der Waals surface area contributed by atoms with Crippen molar-refractivity contribution in [3.63, 3.8) is 0 Å². The number of hydrogen-bond donors (Lipinski definition) is 0. The first-order valence-electron chi connectivity index (χ1n) is 6.24. The van der Waals surface area contributed by atoms with Gasteiger partial charge in [-0.05, 0) is 36.7 Å². The quantitative estimate of drug-likeness (QED) is 0.755. The van der Waals surface area contributed by atoms with Gasteiger partial charge in [-0.2, -0.15) is 0 Å². The predicted octanol–water partition coefficient (Wildman–Crippen LogP) is 3.19. The first-order chi connectivity index (χ1) is 9.45. The molecule has 0 radical (unpaired) electrons. The Balaban J connectivity index is 2.92. The molecule has 5 heteroatoms. The van der Waals surface area contributed by atoms with Crippen LogP contribution in [0.25, 0.3) is 0 Å². The molecule has 108 valence electrons. The second-order valence-electron chi connectivity index (χ2n) is 4.44. The number of ether oxygens (including phenoxy) is 1. The van der Waals surface area contributed by atoms with Crippen molar-refractivity contribution < 1.29 is 14.3 Å².